The Kier molecular flexibility index (Phi) is 4.42. The minimum absolute atomic E-state index is 0.000731. The van der Waals surface area contributed by atoms with Crippen LogP contribution in [-0.4, -0.2) is 63.1 Å². The molecule has 0 unspecified atom stereocenters. The summed E-state index contributed by atoms with van der Waals surface area (Å²) in [4.78, 5) is 28.4. The molecule has 136 valence electrons. The minimum Gasteiger partial charge on any atom is -0.343 e. The largest absolute Gasteiger partial charge is 0.343 e. The molecule has 1 N–H and O–H groups in total. The molecule has 8 heteroatoms. The molecule has 2 aromatic rings. The number of rotatable bonds is 3. The molecule has 4 rings (SSSR count). The van der Waals surface area contributed by atoms with E-state index in [2.05, 4.69) is 15.3 Å². The molecule has 2 saturated heterocycles. The van der Waals surface area contributed by atoms with Crippen LogP contribution in [0.15, 0.2) is 36.7 Å². The molecule has 0 spiro atoms. The Labute approximate surface area is 156 Å². The van der Waals surface area contributed by atoms with Gasteiger partial charge in [0, 0.05) is 37.9 Å². The first-order chi connectivity index (χ1) is 12.5. The number of benzene rings is 1. The summed E-state index contributed by atoms with van der Waals surface area (Å²) in [6.45, 7) is 4.23. The van der Waals surface area contributed by atoms with E-state index in [1.165, 1.54) is 0 Å². The summed E-state index contributed by atoms with van der Waals surface area (Å²) >= 11 is 6.22. The zero-order valence-electron chi connectivity index (χ0n) is 14.4. The van der Waals surface area contributed by atoms with Crippen LogP contribution in [-0.2, 0) is 16.1 Å². The summed E-state index contributed by atoms with van der Waals surface area (Å²) in [7, 11) is 0. The summed E-state index contributed by atoms with van der Waals surface area (Å²) < 4.78 is 1.76. The summed E-state index contributed by atoms with van der Waals surface area (Å²) in [6, 6.07) is 6.70. The third-order valence-electron chi connectivity index (χ3n) is 4.92. The van der Waals surface area contributed by atoms with Crippen LogP contribution >= 0.6 is 11.6 Å². The third-order valence-corrected chi connectivity index (χ3v) is 5.24. The fourth-order valence-corrected chi connectivity index (χ4v) is 3.78. The van der Waals surface area contributed by atoms with Gasteiger partial charge < -0.3 is 10.2 Å². The predicted octanol–water partition coefficient (Wildman–Crippen LogP) is 1.06. The normalized spacial score (nSPS) is 23.7. The third kappa shape index (κ3) is 3.08. The second kappa shape index (κ2) is 6.74. The van der Waals surface area contributed by atoms with Crippen LogP contribution in [0.4, 0.5) is 0 Å². The first-order valence-corrected chi connectivity index (χ1v) is 9.02. The number of piperazine rings is 2. The lowest BCUT2D eigenvalue weighted by Gasteiger charge is -2.44. The molecule has 1 aromatic carbocycles. The lowest BCUT2D eigenvalue weighted by atomic mass is 10.0. The monoisotopic (exact) mass is 373 g/mol. The standard InChI is InChI=1S/C18H20ClN5O2/c1-12-18(26)23-7-6-22(11-16(23)17(25)21-12)9-13-8-20-24(10-13)15-5-3-2-4-14(15)19/h2-5,8,10,12,16H,6-7,9,11H2,1H3,(H,21,25)/t12-,16-/m1/s1. The molecule has 7 nitrogen and oxygen atoms in total. The van der Waals surface area contributed by atoms with Gasteiger partial charge >= 0.3 is 0 Å². The number of carbonyl (C=O) groups is 2. The Morgan fingerprint density at radius 1 is 1.27 bits per heavy atom. The van der Waals surface area contributed by atoms with Crippen molar-refractivity contribution in [3.05, 3.63) is 47.2 Å². The van der Waals surface area contributed by atoms with Crippen molar-refractivity contribution in [2.45, 2.75) is 25.6 Å². The number of carbonyl (C=O) groups excluding carboxylic acids is 2. The molecule has 2 amide bonds. The van der Waals surface area contributed by atoms with Crippen molar-refractivity contribution in [2.24, 2.45) is 0 Å². The second-order valence-electron chi connectivity index (χ2n) is 6.76. The summed E-state index contributed by atoms with van der Waals surface area (Å²) in [5.41, 5.74) is 1.87. The van der Waals surface area contributed by atoms with Crippen LogP contribution < -0.4 is 5.32 Å². The molecule has 0 bridgehead atoms. The highest BCUT2D eigenvalue weighted by Crippen LogP contribution is 2.21. The van der Waals surface area contributed by atoms with E-state index in [4.69, 9.17) is 11.6 Å². The molecule has 26 heavy (non-hydrogen) atoms. The van der Waals surface area contributed by atoms with E-state index >= 15 is 0 Å². The molecule has 3 heterocycles. The maximum atomic E-state index is 12.2. The van der Waals surface area contributed by atoms with E-state index < -0.39 is 12.1 Å². The number of halogens is 1. The molecule has 1 aromatic heterocycles. The van der Waals surface area contributed by atoms with Gasteiger partial charge in [-0.1, -0.05) is 23.7 Å². The van der Waals surface area contributed by atoms with Crippen molar-refractivity contribution in [2.75, 3.05) is 19.6 Å². The van der Waals surface area contributed by atoms with E-state index in [1.807, 2.05) is 36.7 Å². The van der Waals surface area contributed by atoms with Gasteiger partial charge in [-0.25, -0.2) is 4.68 Å². The molecule has 0 radical (unpaired) electrons. The Hall–Kier alpha value is -2.38. The van der Waals surface area contributed by atoms with Gasteiger partial charge in [0.05, 0.1) is 16.9 Å². The number of hydrogen-bond donors (Lipinski definition) is 1. The second-order valence-corrected chi connectivity index (χ2v) is 7.16. The number of fused-ring (bicyclic) bond motifs is 1. The fourth-order valence-electron chi connectivity index (χ4n) is 3.56. The average Bonchev–Trinajstić information content (AvgIpc) is 3.08. The molecular weight excluding hydrogens is 354 g/mol. The zero-order chi connectivity index (χ0) is 18.3. The van der Waals surface area contributed by atoms with Gasteiger partial charge in [0.2, 0.25) is 11.8 Å². The number of nitrogens with zero attached hydrogens (tertiary/aromatic N) is 4. The van der Waals surface area contributed by atoms with E-state index in [-0.39, 0.29) is 11.8 Å². The lowest BCUT2D eigenvalue weighted by molar-refractivity contribution is -0.152. The topological polar surface area (TPSA) is 70.5 Å². The van der Waals surface area contributed by atoms with Gasteiger partial charge in [0.15, 0.2) is 0 Å². The average molecular weight is 374 g/mol. The summed E-state index contributed by atoms with van der Waals surface area (Å²) in [5.74, 6) is -0.0747. The molecule has 2 aliphatic rings. The molecule has 2 fully saturated rings. The highest BCUT2D eigenvalue weighted by molar-refractivity contribution is 6.32. The Morgan fingerprint density at radius 2 is 2.08 bits per heavy atom. The Bertz CT molecular complexity index is 852. The number of hydrogen-bond acceptors (Lipinski definition) is 4. The van der Waals surface area contributed by atoms with Crippen molar-refractivity contribution < 1.29 is 9.59 Å². The summed E-state index contributed by atoms with van der Waals surface area (Å²) in [5, 5.41) is 7.79. The van der Waals surface area contributed by atoms with E-state index in [0.29, 0.717) is 24.7 Å². The quantitative estimate of drug-likeness (QED) is 0.873. The van der Waals surface area contributed by atoms with Crippen molar-refractivity contribution >= 4 is 23.4 Å². The maximum Gasteiger partial charge on any atom is 0.245 e. The molecule has 0 aliphatic carbocycles. The number of nitrogens with one attached hydrogen (secondary N) is 1. The van der Waals surface area contributed by atoms with Crippen LogP contribution in [0.1, 0.15) is 12.5 Å². The number of para-hydroxylation sites is 1. The molecule has 2 aliphatic heterocycles. The smallest absolute Gasteiger partial charge is 0.245 e. The predicted molar refractivity (Wildman–Crippen MR) is 97.0 cm³/mol. The Balaban J connectivity index is 1.45. The lowest BCUT2D eigenvalue weighted by Crippen LogP contribution is -2.68. The number of amides is 2. The van der Waals surface area contributed by atoms with Crippen LogP contribution in [0.25, 0.3) is 5.69 Å². The first-order valence-electron chi connectivity index (χ1n) is 8.64. The van der Waals surface area contributed by atoms with E-state index in [1.54, 1.807) is 16.5 Å². The van der Waals surface area contributed by atoms with Crippen molar-refractivity contribution in [1.82, 2.24) is 24.9 Å². The molecule has 2 atom stereocenters. The van der Waals surface area contributed by atoms with Gasteiger partial charge in [-0.2, -0.15) is 5.10 Å². The molecule has 0 saturated carbocycles. The van der Waals surface area contributed by atoms with Crippen molar-refractivity contribution in [3.8, 4) is 5.69 Å². The van der Waals surface area contributed by atoms with Crippen molar-refractivity contribution in [1.29, 1.82) is 0 Å². The van der Waals surface area contributed by atoms with Crippen LogP contribution in [0, 0.1) is 0 Å². The van der Waals surface area contributed by atoms with Crippen LogP contribution in [0.2, 0.25) is 5.02 Å². The van der Waals surface area contributed by atoms with Gasteiger partial charge in [-0.15, -0.1) is 0 Å². The highest BCUT2D eigenvalue weighted by Gasteiger charge is 2.41. The Morgan fingerprint density at radius 3 is 2.88 bits per heavy atom. The first kappa shape index (κ1) is 17.1. The van der Waals surface area contributed by atoms with E-state index in [9.17, 15) is 9.59 Å². The zero-order valence-corrected chi connectivity index (χ0v) is 15.2. The SMILES string of the molecule is C[C@H]1NC(=O)[C@H]2CN(Cc3cnn(-c4ccccc4Cl)c3)CCN2C1=O. The minimum atomic E-state index is -0.431. The molecular formula is C18H20ClN5O2. The maximum absolute atomic E-state index is 12.2. The van der Waals surface area contributed by atoms with Gasteiger partial charge in [0.1, 0.15) is 12.1 Å². The van der Waals surface area contributed by atoms with Crippen LogP contribution in [0.5, 0.6) is 0 Å². The number of aromatic nitrogens is 2. The van der Waals surface area contributed by atoms with Crippen LogP contribution in [0.3, 0.4) is 0 Å². The summed E-state index contributed by atoms with van der Waals surface area (Å²) in [6.07, 6.45) is 3.76. The van der Waals surface area contributed by atoms with E-state index in [0.717, 1.165) is 17.8 Å². The highest BCUT2D eigenvalue weighted by atomic mass is 35.5. The fraction of sp³-hybridized carbons (Fsp3) is 0.389. The van der Waals surface area contributed by atoms with Gasteiger partial charge in [0.25, 0.3) is 0 Å². The van der Waals surface area contributed by atoms with Crippen molar-refractivity contribution in [3.63, 3.8) is 0 Å². The van der Waals surface area contributed by atoms with Gasteiger partial charge in [-0.3, -0.25) is 14.5 Å². The van der Waals surface area contributed by atoms with Gasteiger partial charge in [-0.05, 0) is 19.1 Å².